The molecule has 67 heavy (non-hydrogen) atoms. The summed E-state index contributed by atoms with van der Waals surface area (Å²) in [5, 5.41) is 5.07. The zero-order valence-corrected chi connectivity index (χ0v) is 39.8. The van der Waals surface area contributed by atoms with Gasteiger partial charge in [0.15, 0.2) is 0 Å². The Balaban J connectivity index is 0.808. The van der Waals surface area contributed by atoms with Gasteiger partial charge in [-0.05, 0) is 128 Å². The van der Waals surface area contributed by atoms with Crippen LogP contribution in [0.25, 0.3) is 22.0 Å². The number of hydrogen-bond donors (Lipinski definition) is 1. The van der Waals surface area contributed by atoms with E-state index in [1.54, 1.807) is 4.90 Å². The van der Waals surface area contributed by atoms with E-state index < -0.39 is 0 Å². The summed E-state index contributed by atoms with van der Waals surface area (Å²) in [6.45, 7) is 10.1. The number of nitrogens with one attached hydrogen (secondary N) is 1. The monoisotopic (exact) mass is 901 g/mol. The quantitative estimate of drug-likeness (QED) is 0.0781. The van der Waals surface area contributed by atoms with Gasteiger partial charge in [0.1, 0.15) is 11.5 Å². The van der Waals surface area contributed by atoms with E-state index in [9.17, 15) is 19.2 Å². The maximum absolute atomic E-state index is 13.7. The molecule has 1 saturated heterocycles. The van der Waals surface area contributed by atoms with Crippen LogP contribution in [-0.2, 0) is 35.5 Å². The Hall–Kier alpha value is -6.32. The van der Waals surface area contributed by atoms with Crippen LogP contribution < -0.4 is 15.6 Å². The SMILES string of the molecule is CC/C=C\C/C=C\C/C=C\C/C=C\C/C=C\C/C=C\CCC(=O)Nc1ccc(CN2CCN(C(=O)Oc3ccc4cc5c(cc4c3CC)Cn3c-5cc4c(c3=O)CCC(=O)C4CC)CC2)cc1. The predicted molar refractivity (Wildman–Crippen MR) is 274 cm³/mol. The third-order valence-electron chi connectivity index (χ3n) is 13.1. The zero-order valence-electron chi connectivity index (χ0n) is 39.8. The van der Waals surface area contributed by atoms with Gasteiger partial charge >= 0.3 is 6.09 Å². The maximum atomic E-state index is 13.7. The first kappa shape index (κ1) is 48.6. The van der Waals surface area contributed by atoms with Crippen molar-refractivity contribution >= 4 is 34.2 Å². The van der Waals surface area contributed by atoms with Crippen LogP contribution in [0, 0.1) is 0 Å². The zero-order chi connectivity index (χ0) is 47.0. The van der Waals surface area contributed by atoms with Crippen molar-refractivity contribution < 1.29 is 19.1 Å². The molecule has 2 aliphatic heterocycles. The van der Waals surface area contributed by atoms with Gasteiger partial charge in [0.25, 0.3) is 5.56 Å². The summed E-state index contributed by atoms with van der Waals surface area (Å²) in [5.41, 5.74) is 7.58. The molecule has 1 fully saturated rings. The molecule has 3 heterocycles. The molecule has 3 aliphatic rings. The largest absolute Gasteiger partial charge is 0.415 e. The lowest BCUT2D eigenvalue weighted by molar-refractivity contribution is -0.121. The number of ether oxygens (including phenoxy) is 1. The van der Waals surface area contributed by atoms with Gasteiger partial charge < -0.3 is 19.5 Å². The van der Waals surface area contributed by atoms with Gasteiger partial charge in [-0.2, -0.15) is 0 Å². The molecule has 0 spiro atoms. The molecular formula is C58H68N4O5. The highest BCUT2D eigenvalue weighted by molar-refractivity contribution is 5.95. The molecule has 350 valence electrons. The number of amides is 2. The highest BCUT2D eigenvalue weighted by atomic mass is 16.6. The number of ketones is 1. The van der Waals surface area contributed by atoms with Gasteiger partial charge in [0, 0.05) is 73.9 Å². The lowest BCUT2D eigenvalue weighted by atomic mass is 9.80. The number of benzene rings is 3. The number of Topliss-reactive ketones (excluding diaryl/α,β-unsaturated/α-hetero) is 1. The summed E-state index contributed by atoms with van der Waals surface area (Å²) in [7, 11) is 0. The van der Waals surface area contributed by atoms with E-state index in [2.05, 4.69) is 127 Å². The van der Waals surface area contributed by atoms with Crippen LogP contribution in [0.3, 0.4) is 0 Å². The molecule has 1 N–H and O–H groups in total. The number of pyridine rings is 1. The molecule has 3 aromatic carbocycles. The fraction of sp³-hybridized carbons (Fsp3) is 0.379. The van der Waals surface area contributed by atoms with Gasteiger partial charge in [-0.15, -0.1) is 0 Å². The molecule has 4 aromatic rings. The van der Waals surface area contributed by atoms with E-state index in [-0.39, 0.29) is 29.3 Å². The summed E-state index contributed by atoms with van der Waals surface area (Å²) in [4.78, 5) is 56.7. The van der Waals surface area contributed by atoms with Crippen molar-refractivity contribution in [3.8, 4) is 17.0 Å². The van der Waals surface area contributed by atoms with E-state index in [4.69, 9.17) is 4.74 Å². The summed E-state index contributed by atoms with van der Waals surface area (Å²) in [5.74, 6) is 0.577. The van der Waals surface area contributed by atoms with Crippen molar-refractivity contribution in [2.75, 3.05) is 31.5 Å². The molecule has 1 unspecified atom stereocenters. The summed E-state index contributed by atoms with van der Waals surface area (Å²) < 4.78 is 7.97. The van der Waals surface area contributed by atoms with Gasteiger partial charge in [-0.25, -0.2) is 4.79 Å². The number of anilines is 1. The van der Waals surface area contributed by atoms with Crippen molar-refractivity contribution in [1.82, 2.24) is 14.4 Å². The van der Waals surface area contributed by atoms with Crippen molar-refractivity contribution in [2.45, 2.75) is 117 Å². The summed E-state index contributed by atoms with van der Waals surface area (Å²) in [6.07, 6.45) is 35.1. The molecule has 1 aliphatic carbocycles. The van der Waals surface area contributed by atoms with Gasteiger partial charge in [0.05, 0.1) is 12.2 Å². The predicted octanol–water partition coefficient (Wildman–Crippen LogP) is 12.3. The van der Waals surface area contributed by atoms with Crippen LogP contribution in [0.5, 0.6) is 5.75 Å². The number of carbonyl (C=O) groups is 3. The Morgan fingerprint density at radius 1 is 0.731 bits per heavy atom. The van der Waals surface area contributed by atoms with Crippen LogP contribution in [0.2, 0.25) is 0 Å². The lowest BCUT2D eigenvalue weighted by Gasteiger charge is -2.34. The second-order valence-electron chi connectivity index (χ2n) is 17.7. The number of piperazine rings is 1. The van der Waals surface area contributed by atoms with Crippen LogP contribution in [0.15, 0.2) is 132 Å². The molecule has 9 nitrogen and oxygen atoms in total. The Morgan fingerprint density at radius 2 is 1.37 bits per heavy atom. The number of rotatable bonds is 20. The van der Waals surface area contributed by atoms with Crippen LogP contribution >= 0.6 is 0 Å². The molecular weight excluding hydrogens is 833 g/mol. The molecule has 1 atom stereocenters. The standard InChI is InChI=1S/C58H68N4O5/c1-4-7-8-9-10-11-12-13-14-15-16-17-18-19-20-21-22-23-24-25-56(64)59-46-29-26-43(27-30-46)41-60-34-36-61(37-35-60)58(66)67-55-33-28-44-38-51-45(39-50(44)48(55)6-3)42-62-53(51)40-52-47(5-2)54(63)32-31-49(52)57(62)65/h7-8,10-11,13-14,16-17,19-20,22-23,26-30,33,38-40,47H,4-6,9,12,15,18,21,24-25,31-32,34-37,41-42H2,1-3H3,(H,59,64)/b8-7-,11-10-,14-13-,17-16-,20-19-,23-22-. The highest BCUT2D eigenvalue weighted by Gasteiger charge is 2.32. The highest BCUT2D eigenvalue weighted by Crippen LogP contribution is 2.40. The number of allylic oxidation sites excluding steroid dienone is 12. The number of carbonyl (C=O) groups excluding carboxylic acids is 3. The summed E-state index contributed by atoms with van der Waals surface area (Å²) >= 11 is 0. The van der Waals surface area contributed by atoms with Gasteiger partial charge in [0.2, 0.25) is 5.91 Å². The number of aryl methyl sites for hydroxylation is 1. The normalized spacial score (nSPS) is 16.4. The Labute approximate surface area is 397 Å². The number of hydrogen-bond acceptors (Lipinski definition) is 6. The smallest absolute Gasteiger partial charge is 0.410 e. The first-order valence-corrected chi connectivity index (χ1v) is 24.6. The lowest BCUT2D eigenvalue weighted by Crippen LogP contribution is -2.49. The number of fused-ring (bicyclic) bond motifs is 5. The molecule has 2 amide bonds. The van der Waals surface area contributed by atoms with Crippen molar-refractivity contribution in [3.63, 3.8) is 0 Å². The molecule has 7 rings (SSSR count). The van der Waals surface area contributed by atoms with E-state index in [1.165, 1.54) is 0 Å². The van der Waals surface area contributed by atoms with Crippen LogP contribution in [-0.4, -0.2) is 58.3 Å². The average molecular weight is 901 g/mol. The minimum atomic E-state index is -0.347. The molecule has 0 saturated carbocycles. The Bertz CT molecular complexity index is 2620. The molecule has 0 radical (unpaired) electrons. The average Bonchev–Trinajstić information content (AvgIpc) is 3.69. The molecule has 1 aromatic heterocycles. The minimum absolute atomic E-state index is 0.000812. The topological polar surface area (TPSA) is 101 Å². The number of aromatic nitrogens is 1. The van der Waals surface area contributed by atoms with Crippen LogP contribution in [0.4, 0.5) is 10.5 Å². The fourth-order valence-electron chi connectivity index (χ4n) is 9.43. The fourth-order valence-corrected chi connectivity index (χ4v) is 9.43. The second kappa shape index (κ2) is 24.4. The second-order valence-corrected chi connectivity index (χ2v) is 17.7. The molecule has 9 heteroatoms. The van der Waals surface area contributed by atoms with E-state index in [0.29, 0.717) is 63.9 Å². The third-order valence-corrected chi connectivity index (χ3v) is 13.1. The first-order valence-electron chi connectivity index (χ1n) is 24.6. The van der Waals surface area contributed by atoms with Gasteiger partial charge in [-0.1, -0.05) is 112 Å². The van der Waals surface area contributed by atoms with Gasteiger partial charge in [-0.3, -0.25) is 19.3 Å². The van der Waals surface area contributed by atoms with Crippen molar-refractivity contribution in [1.29, 1.82) is 0 Å². The summed E-state index contributed by atoms with van der Waals surface area (Å²) in [6, 6.07) is 18.3. The van der Waals surface area contributed by atoms with E-state index in [0.717, 1.165) is 114 Å². The molecule has 0 bridgehead atoms. The minimum Gasteiger partial charge on any atom is -0.410 e. The first-order chi connectivity index (χ1) is 32.8. The van der Waals surface area contributed by atoms with Crippen molar-refractivity contribution in [3.05, 3.63) is 166 Å². The van der Waals surface area contributed by atoms with E-state index in [1.807, 2.05) is 35.8 Å². The van der Waals surface area contributed by atoms with Crippen molar-refractivity contribution in [2.24, 2.45) is 0 Å². The van der Waals surface area contributed by atoms with E-state index >= 15 is 0 Å². The maximum Gasteiger partial charge on any atom is 0.415 e. The Kier molecular flexibility index (Phi) is 17.7. The Morgan fingerprint density at radius 3 is 2.00 bits per heavy atom. The number of nitrogens with zero attached hydrogens (tertiary/aromatic N) is 3. The van der Waals surface area contributed by atoms with Crippen LogP contribution in [0.1, 0.15) is 119 Å². The third kappa shape index (κ3) is 12.8.